The number of nitrogens with zero attached hydrogens (tertiary/aromatic N) is 2. The highest BCUT2D eigenvalue weighted by Crippen LogP contribution is 2.39. The van der Waals surface area contributed by atoms with E-state index in [1.54, 1.807) is 24.1 Å². The van der Waals surface area contributed by atoms with Gasteiger partial charge in [-0.1, -0.05) is 29.3 Å². The molecule has 0 saturated carbocycles. The molecule has 10 heteroatoms. The van der Waals surface area contributed by atoms with Gasteiger partial charge in [-0.05, 0) is 108 Å². The monoisotopic (exact) mass is 682 g/mol. The number of amides is 1. The molecule has 1 fully saturated rings. The van der Waals surface area contributed by atoms with Crippen LogP contribution in [0.15, 0.2) is 64.5 Å². The molecule has 1 amide bonds. The van der Waals surface area contributed by atoms with E-state index < -0.39 is 0 Å². The molecule has 6 nitrogen and oxygen atoms in total. The number of benzene rings is 3. The number of halogens is 3. The third-order valence-electron chi connectivity index (χ3n) is 5.52. The minimum Gasteiger partial charge on any atom is -0.497 e. The van der Waals surface area contributed by atoms with Crippen LogP contribution in [0.2, 0.25) is 10.0 Å². The molecule has 3 aromatic rings. The summed E-state index contributed by atoms with van der Waals surface area (Å²) in [4.78, 5) is 20.1. The summed E-state index contributed by atoms with van der Waals surface area (Å²) in [5, 5.41) is 1.74. The van der Waals surface area contributed by atoms with Crippen LogP contribution in [0, 0.1) is 3.57 Å². The zero-order valence-electron chi connectivity index (χ0n) is 21.0. The molecule has 4 rings (SSSR count). The van der Waals surface area contributed by atoms with Crippen molar-refractivity contribution in [2.75, 3.05) is 20.3 Å². The van der Waals surface area contributed by atoms with Crippen LogP contribution in [0.5, 0.6) is 17.2 Å². The van der Waals surface area contributed by atoms with Crippen LogP contribution in [0.3, 0.4) is 0 Å². The normalized spacial score (nSPS) is 15.4. The largest absolute Gasteiger partial charge is 0.497 e. The molecule has 0 unspecified atom stereocenters. The van der Waals surface area contributed by atoms with E-state index >= 15 is 0 Å². The van der Waals surface area contributed by atoms with Gasteiger partial charge in [0.05, 0.1) is 27.9 Å². The second kappa shape index (κ2) is 13.1. The fraction of sp³-hybridized carbons (Fsp3) is 0.214. The van der Waals surface area contributed by atoms with Gasteiger partial charge in [0.2, 0.25) is 0 Å². The zero-order chi connectivity index (χ0) is 27.2. The molecule has 3 aromatic carbocycles. The van der Waals surface area contributed by atoms with Crippen LogP contribution in [0.1, 0.15) is 25.0 Å². The lowest BCUT2D eigenvalue weighted by Gasteiger charge is -2.15. The predicted octanol–water partition coefficient (Wildman–Crippen LogP) is 8.21. The van der Waals surface area contributed by atoms with Gasteiger partial charge in [-0.2, -0.15) is 0 Å². The third kappa shape index (κ3) is 6.77. The molecular formula is C28H25Cl2IN2O4S. The quantitative estimate of drug-likeness (QED) is 0.168. The number of hydrogen-bond donors (Lipinski definition) is 0. The van der Waals surface area contributed by atoms with Crippen molar-refractivity contribution in [2.24, 2.45) is 4.99 Å². The average molecular weight is 683 g/mol. The molecule has 0 spiro atoms. The Balaban J connectivity index is 1.60. The SMILES string of the molecule is CCOc1cc(/C=C2/SC(=Nc3ccc(OC)cc3)N(CC)C2=O)cc(I)c1OCc1ccc(Cl)cc1Cl. The maximum atomic E-state index is 13.2. The van der Waals surface area contributed by atoms with Crippen LogP contribution < -0.4 is 14.2 Å². The van der Waals surface area contributed by atoms with Crippen LogP contribution in [-0.4, -0.2) is 36.2 Å². The highest BCUT2D eigenvalue weighted by molar-refractivity contribution is 14.1. The van der Waals surface area contributed by atoms with E-state index in [1.165, 1.54) is 11.8 Å². The smallest absolute Gasteiger partial charge is 0.266 e. The fourth-order valence-corrected chi connectivity index (χ4v) is 5.96. The first kappa shape index (κ1) is 28.6. The van der Waals surface area contributed by atoms with Crippen molar-refractivity contribution < 1.29 is 19.0 Å². The summed E-state index contributed by atoms with van der Waals surface area (Å²) in [6.07, 6.45) is 1.86. The molecule has 0 bridgehead atoms. The van der Waals surface area contributed by atoms with Gasteiger partial charge in [0, 0.05) is 22.2 Å². The maximum absolute atomic E-state index is 13.2. The van der Waals surface area contributed by atoms with Crippen molar-refractivity contribution in [1.29, 1.82) is 0 Å². The number of amidine groups is 1. The molecule has 198 valence electrons. The Morgan fingerprint density at radius 3 is 2.47 bits per heavy atom. The second-order valence-corrected chi connectivity index (χ2v) is 11.1. The van der Waals surface area contributed by atoms with Gasteiger partial charge in [-0.25, -0.2) is 4.99 Å². The molecule has 1 heterocycles. The van der Waals surface area contributed by atoms with E-state index in [0.717, 1.165) is 26.1 Å². The minimum atomic E-state index is -0.0876. The number of rotatable bonds is 9. The van der Waals surface area contributed by atoms with E-state index in [0.29, 0.717) is 44.8 Å². The Labute approximate surface area is 250 Å². The molecule has 0 N–H and O–H groups in total. The summed E-state index contributed by atoms with van der Waals surface area (Å²) >= 11 is 15.9. The Kier molecular flexibility index (Phi) is 9.86. The van der Waals surface area contributed by atoms with Crippen molar-refractivity contribution in [1.82, 2.24) is 4.90 Å². The van der Waals surface area contributed by atoms with E-state index in [-0.39, 0.29) is 12.5 Å². The van der Waals surface area contributed by atoms with E-state index in [1.807, 2.05) is 62.4 Å². The summed E-state index contributed by atoms with van der Waals surface area (Å²) in [6.45, 7) is 5.08. The lowest BCUT2D eigenvalue weighted by atomic mass is 10.1. The van der Waals surface area contributed by atoms with Gasteiger partial charge in [0.25, 0.3) is 5.91 Å². The molecule has 0 aliphatic carbocycles. The summed E-state index contributed by atoms with van der Waals surface area (Å²) in [5.74, 6) is 1.87. The van der Waals surface area contributed by atoms with Crippen molar-refractivity contribution >= 4 is 80.4 Å². The molecular weight excluding hydrogens is 658 g/mol. The van der Waals surface area contributed by atoms with E-state index in [4.69, 9.17) is 42.4 Å². The highest BCUT2D eigenvalue weighted by atomic mass is 127. The van der Waals surface area contributed by atoms with Crippen LogP contribution in [-0.2, 0) is 11.4 Å². The molecule has 1 aliphatic rings. The van der Waals surface area contributed by atoms with Gasteiger partial charge >= 0.3 is 0 Å². The molecule has 0 aromatic heterocycles. The second-order valence-electron chi connectivity index (χ2n) is 8.04. The van der Waals surface area contributed by atoms with Gasteiger partial charge < -0.3 is 14.2 Å². The number of thioether (sulfide) groups is 1. The third-order valence-corrected chi connectivity index (χ3v) is 7.91. The van der Waals surface area contributed by atoms with Crippen molar-refractivity contribution in [3.8, 4) is 17.2 Å². The Morgan fingerprint density at radius 1 is 1.05 bits per heavy atom. The summed E-state index contributed by atoms with van der Waals surface area (Å²) in [7, 11) is 1.62. The molecule has 1 saturated heterocycles. The zero-order valence-corrected chi connectivity index (χ0v) is 25.5. The van der Waals surface area contributed by atoms with E-state index in [9.17, 15) is 4.79 Å². The first-order valence-corrected chi connectivity index (χ1v) is 14.4. The van der Waals surface area contributed by atoms with Gasteiger partial charge in [0.1, 0.15) is 12.4 Å². The van der Waals surface area contributed by atoms with Crippen LogP contribution in [0.25, 0.3) is 6.08 Å². The Morgan fingerprint density at radius 2 is 1.82 bits per heavy atom. The number of carbonyl (C=O) groups is 1. The molecule has 0 radical (unpaired) electrons. The maximum Gasteiger partial charge on any atom is 0.266 e. The van der Waals surface area contributed by atoms with Crippen molar-refractivity contribution in [2.45, 2.75) is 20.5 Å². The number of carbonyl (C=O) groups excluding carboxylic acids is 1. The number of methoxy groups -OCH3 is 1. The standard InChI is InChI=1S/C28H25Cl2IN2O4S/c1-4-33-27(34)25(38-28(33)32-20-8-10-21(35-3)11-9-20)14-17-12-23(31)26(24(13-17)36-5-2)37-16-18-6-7-19(29)15-22(18)30/h6-15H,4-5,16H2,1-3H3/b25-14+,32-28?. The van der Waals surface area contributed by atoms with Crippen molar-refractivity contribution in [3.63, 3.8) is 0 Å². The van der Waals surface area contributed by atoms with Gasteiger partial charge in [-0.3, -0.25) is 9.69 Å². The highest BCUT2D eigenvalue weighted by Gasteiger charge is 2.32. The summed E-state index contributed by atoms with van der Waals surface area (Å²) in [6, 6.07) is 16.5. The van der Waals surface area contributed by atoms with E-state index in [2.05, 4.69) is 22.6 Å². The molecule has 38 heavy (non-hydrogen) atoms. The number of likely N-dealkylation sites (N-methyl/N-ethyl adjacent to an activating group) is 1. The average Bonchev–Trinajstić information content (AvgIpc) is 3.18. The number of aliphatic imine (C=N–C) groups is 1. The van der Waals surface area contributed by atoms with Crippen LogP contribution in [0.4, 0.5) is 5.69 Å². The van der Waals surface area contributed by atoms with Gasteiger partial charge in [0.15, 0.2) is 16.7 Å². The number of ether oxygens (including phenoxy) is 3. The number of hydrogen-bond acceptors (Lipinski definition) is 6. The lowest BCUT2D eigenvalue weighted by Crippen LogP contribution is -2.28. The molecule has 0 atom stereocenters. The predicted molar refractivity (Wildman–Crippen MR) is 164 cm³/mol. The minimum absolute atomic E-state index is 0.0876. The van der Waals surface area contributed by atoms with Crippen LogP contribution >= 0.6 is 57.6 Å². The summed E-state index contributed by atoms with van der Waals surface area (Å²) in [5.41, 5.74) is 2.39. The van der Waals surface area contributed by atoms with Gasteiger partial charge in [-0.15, -0.1) is 0 Å². The Hall–Kier alpha value is -2.40. The fourth-order valence-electron chi connectivity index (χ4n) is 3.65. The summed E-state index contributed by atoms with van der Waals surface area (Å²) < 4.78 is 18.1. The topological polar surface area (TPSA) is 60.4 Å². The lowest BCUT2D eigenvalue weighted by molar-refractivity contribution is -0.122. The van der Waals surface area contributed by atoms with Crippen molar-refractivity contribution in [3.05, 3.63) is 84.2 Å². The first-order chi connectivity index (χ1) is 18.3. The molecule has 1 aliphatic heterocycles. The first-order valence-electron chi connectivity index (χ1n) is 11.8. The Bertz CT molecular complexity index is 1400.